The van der Waals surface area contributed by atoms with Crippen molar-refractivity contribution < 1.29 is 0 Å². The molecule has 0 aliphatic carbocycles. The zero-order valence-corrected chi connectivity index (χ0v) is 15.8. The van der Waals surface area contributed by atoms with Gasteiger partial charge in [-0.1, -0.05) is 79.8 Å². The number of unbranched alkanes of at least 4 members (excludes halogenated alkanes) is 6. The first-order chi connectivity index (χ1) is 11.9. The van der Waals surface area contributed by atoms with Crippen LogP contribution in [0.15, 0.2) is 72.2 Å². The zero-order chi connectivity index (χ0) is 17.6. The summed E-state index contributed by atoms with van der Waals surface area (Å²) >= 11 is 0. The van der Waals surface area contributed by atoms with Crippen LogP contribution < -0.4 is 0 Å². The molecule has 0 atom stereocenters. The van der Waals surface area contributed by atoms with E-state index in [0.29, 0.717) is 0 Å². The average molecular weight is 325 g/mol. The highest BCUT2D eigenvalue weighted by molar-refractivity contribution is 5.03. The molecule has 0 heterocycles. The first-order valence-corrected chi connectivity index (χ1v) is 9.64. The van der Waals surface area contributed by atoms with Crippen LogP contribution in [0.2, 0.25) is 0 Å². The normalized spacial score (nSPS) is 11.6. The predicted octanol–water partition coefficient (Wildman–Crippen LogP) is 8.02. The van der Waals surface area contributed by atoms with Gasteiger partial charge in [0, 0.05) is 0 Å². The standard InChI is InChI=1S/C24H36/c1-3-5-7-9-11-13-15-17-19-21-23-24-22-20-18-16-14-12-10-8-6-4-2/h3,5,11-14,19-20,22,24H,4,6-10,15-18H2,1-2H3/b5-3+,13-11+,14-12+,22-20+,24-19?. The first kappa shape index (κ1) is 22.3. The molecule has 0 nitrogen and oxygen atoms in total. The van der Waals surface area contributed by atoms with E-state index in [4.69, 9.17) is 0 Å². The minimum absolute atomic E-state index is 1.04. The zero-order valence-electron chi connectivity index (χ0n) is 15.8. The second-order valence-corrected chi connectivity index (χ2v) is 5.83. The Morgan fingerprint density at radius 1 is 0.625 bits per heavy atom. The number of hydrogen-bond donors (Lipinski definition) is 0. The van der Waals surface area contributed by atoms with Gasteiger partial charge >= 0.3 is 0 Å². The van der Waals surface area contributed by atoms with Gasteiger partial charge in [-0.05, 0) is 70.4 Å². The van der Waals surface area contributed by atoms with Crippen molar-refractivity contribution in [3.05, 3.63) is 72.2 Å². The lowest BCUT2D eigenvalue weighted by atomic mass is 10.2. The highest BCUT2D eigenvalue weighted by Gasteiger charge is 1.81. The molecular formula is C24H36. The first-order valence-electron chi connectivity index (χ1n) is 9.64. The van der Waals surface area contributed by atoms with Crippen LogP contribution in [0.3, 0.4) is 0 Å². The van der Waals surface area contributed by atoms with Crippen molar-refractivity contribution in [1.82, 2.24) is 0 Å². The molecule has 0 radical (unpaired) electrons. The van der Waals surface area contributed by atoms with Gasteiger partial charge in [0.15, 0.2) is 0 Å². The topological polar surface area (TPSA) is 0 Å². The van der Waals surface area contributed by atoms with Crippen LogP contribution in [0, 0.1) is 0 Å². The Hall–Kier alpha value is -1.74. The number of rotatable bonds is 14. The molecule has 0 heteroatoms. The van der Waals surface area contributed by atoms with Gasteiger partial charge in [0.25, 0.3) is 0 Å². The molecule has 24 heavy (non-hydrogen) atoms. The summed E-state index contributed by atoms with van der Waals surface area (Å²) in [7, 11) is 0. The molecule has 0 aromatic heterocycles. The third kappa shape index (κ3) is 20.3. The van der Waals surface area contributed by atoms with Crippen molar-refractivity contribution in [3.63, 3.8) is 0 Å². The molecule has 0 spiro atoms. The fourth-order valence-electron chi connectivity index (χ4n) is 2.11. The van der Waals surface area contributed by atoms with Crippen LogP contribution in [-0.2, 0) is 0 Å². The molecule has 0 unspecified atom stereocenters. The van der Waals surface area contributed by atoms with Crippen LogP contribution in [0.5, 0.6) is 0 Å². The maximum Gasteiger partial charge on any atom is -0.0119 e. The Morgan fingerprint density at radius 3 is 1.96 bits per heavy atom. The van der Waals surface area contributed by atoms with Gasteiger partial charge in [0.2, 0.25) is 0 Å². The molecular weight excluding hydrogens is 288 g/mol. The third-order valence-electron chi connectivity index (χ3n) is 3.52. The lowest BCUT2D eigenvalue weighted by Crippen LogP contribution is -1.71. The van der Waals surface area contributed by atoms with E-state index in [-0.39, 0.29) is 0 Å². The van der Waals surface area contributed by atoms with E-state index in [0.717, 1.165) is 38.5 Å². The van der Waals surface area contributed by atoms with Gasteiger partial charge in [-0.25, -0.2) is 0 Å². The smallest absolute Gasteiger partial charge is 0.0119 e. The van der Waals surface area contributed by atoms with Crippen molar-refractivity contribution >= 4 is 0 Å². The molecule has 0 aliphatic heterocycles. The maximum absolute atomic E-state index is 3.09. The summed E-state index contributed by atoms with van der Waals surface area (Å²) in [5, 5.41) is 0. The lowest BCUT2D eigenvalue weighted by molar-refractivity contribution is 0.728. The van der Waals surface area contributed by atoms with Gasteiger partial charge in [-0.2, -0.15) is 0 Å². The molecule has 0 fully saturated rings. The number of hydrogen-bond acceptors (Lipinski definition) is 0. The lowest BCUT2D eigenvalue weighted by Gasteiger charge is -1.91. The van der Waals surface area contributed by atoms with Crippen molar-refractivity contribution in [2.24, 2.45) is 0 Å². The minimum atomic E-state index is 1.04. The van der Waals surface area contributed by atoms with E-state index in [2.05, 4.69) is 80.0 Å². The van der Waals surface area contributed by atoms with E-state index < -0.39 is 0 Å². The fraction of sp³-hybridized carbons (Fsp3) is 0.500. The Bertz CT molecular complexity index is 458. The predicted molar refractivity (Wildman–Crippen MR) is 110 cm³/mol. The quantitative estimate of drug-likeness (QED) is 0.131. The molecule has 0 aromatic rings. The second kappa shape index (κ2) is 21.3. The summed E-state index contributed by atoms with van der Waals surface area (Å²) in [6.45, 7) is 4.31. The van der Waals surface area contributed by atoms with Gasteiger partial charge < -0.3 is 0 Å². The molecule has 0 amide bonds. The Labute approximate surface area is 150 Å². The molecule has 0 bridgehead atoms. The van der Waals surface area contributed by atoms with Crippen molar-refractivity contribution in [2.45, 2.75) is 78.1 Å². The summed E-state index contributed by atoms with van der Waals surface area (Å²) in [5.74, 6) is 0. The molecule has 0 aromatic carbocycles. The summed E-state index contributed by atoms with van der Waals surface area (Å²) in [6, 6.07) is 0. The highest BCUT2D eigenvalue weighted by Crippen LogP contribution is 2.01. The highest BCUT2D eigenvalue weighted by atomic mass is 13.9. The second-order valence-electron chi connectivity index (χ2n) is 5.83. The molecule has 0 N–H and O–H groups in total. The van der Waals surface area contributed by atoms with E-state index in [1.165, 1.54) is 25.7 Å². The summed E-state index contributed by atoms with van der Waals surface area (Å²) in [6.07, 6.45) is 33.5. The molecule has 0 saturated heterocycles. The molecule has 0 saturated carbocycles. The van der Waals surface area contributed by atoms with E-state index >= 15 is 0 Å². The van der Waals surface area contributed by atoms with E-state index in [1.807, 2.05) is 6.08 Å². The Kier molecular flexibility index (Phi) is 19.7. The Morgan fingerprint density at radius 2 is 1.25 bits per heavy atom. The van der Waals surface area contributed by atoms with Crippen molar-refractivity contribution in [3.8, 4) is 0 Å². The van der Waals surface area contributed by atoms with Gasteiger partial charge in [0.05, 0.1) is 0 Å². The molecule has 0 rings (SSSR count). The largest absolute Gasteiger partial charge is 0.0917 e. The van der Waals surface area contributed by atoms with Crippen LogP contribution >= 0.6 is 0 Å². The summed E-state index contributed by atoms with van der Waals surface area (Å²) in [4.78, 5) is 0. The minimum Gasteiger partial charge on any atom is -0.0917 e. The maximum atomic E-state index is 3.09. The average Bonchev–Trinajstić information content (AvgIpc) is 2.60. The van der Waals surface area contributed by atoms with E-state index in [1.54, 1.807) is 0 Å². The van der Waals surface area contributed by atoms with Gasteiger partial charge in [-0.3, -0.25) is 0 Å². The van der Waals surface area contributed by atoms with Crippen LogP contribution in [0.1, 0.15) is 78.1 Å². The summed E-state index contributed by atoms with van der Waals surface area (Å²) < 4.78 is 0. The van der Waals surface area contributed by atoms with Crippen molar-refractivity contribution in [2.75, 3.05) is 0 Å². The molecule has 132 valence electrons. The molecule has 0 aliphatic rings. The van der Waals surface area contributed by atoms with E-state index in [9.17, 15) is 0 Å². The third-order valence-corrected chi connectivity index (χ3v) is 3.52. The fourth-order valence-corrected chi connectivity index (χ4v) is 2.11. The monoisotopic (exact) mass is 324 g/mol. The van der Waals surface area contributed by atoms with Gasteiger partial charge in [0.1, 0.15) is 0 Å². The summed E-state index contributed by atoms with van der Waals surface area (Å²) in [5.41, 5.74) is 6.15. The van der Waals surface area contributed by atoms with Crippen LogP contribution in [-0.4, -0.2) is 0 Å². The van der Waals surface area contributed by atoms with Crippen LogP contribution in [0.4, 0.5) is 0 Å². The van der Waals surface area contributed by atoms with Crippen LogP contribution in [0.25, 0.3) is 0 Å². The van der Waals surface area contributed by atoms with Gasteiger partial charge in [-0.15, -0.1) is 0 Å². The van der Waals surface area contributed by atoms with Crippen molar-refractivity contribution in [1.29, 1.82) is 0 Å². The SMILES string of the molecule is C/C=C/CC/C=C/CCC=C=C=C/C=C/CC/C=C/CCCCC. The number of allylic oxidation sites excluding steroid dienone is 10. The Balaban J connectivity index is 3.61.